The van der Waals surface area contributed by atoms with Gasteiger partial charge in [0, 0.05) is 25.5 Å². The Morgan fingerprint density at radius 3 is 2.94 bits per heavy atom. The van der Waals surface area contributed by atoms with Gasteiger partial charge in [-0.05, 0) is 31.7 Å². The van der Waals surface area contributed by atoms with E-state index in [2.05, 4.69) is 27.5 Å². The van der Waals surface area contributed by atoms with Crippen LogP contribution < -0.4 is 10.6 Å². The summed E-state index contributed by atoms with van der Waals surface area (Å²) in [6, 6.07) is 0. The second kappa shape index (κ2) is 4.78. The molecule has 0 radical (unpaired) electrons. The van der Waals surface area contributed by atoms with Crippen LogP contribution in [-0.4, -0.2) is 29.6 Å². The Bertz CT molecular complexity index is 345. The van der Waals surface area contributed by atoms with Crippen LogP contribution >= 0.6 is 0 Å². The Morgan fingerprint density at radius 2 is 2.25 bits per heavy atom. The number of anilines is 1. The first-order chi connectivity index (χ1) is 7.70. The van der Waals surface area contributed by atoms with Gasteiger partial charge in [-0.1, -0.05) is 6.92 Å². The highest BCUT2D eigenvalue weighted by atomic mass is 15.0. The molecule has 2 N–H and O–H groups in total. The third-order valence-corrected chi connectivity index (χ3v) is 3.25. The molecule has 0 amide bonds. The molecule has 1 saturated heterocycles. The molecule has 1 aliphatic heterocycles. The maximum atomic E-state index is 4.30. The molecule has 1 aromatic rings. The fourth-order valence-corrected chi connectivity index (χ4v) is 2.15. The van der Waals surface area contributed by atoms with Crippen molar-refractivity contribution in [3.05, 3.63) is 18.1 Å². The highest BCUT2D eigenvalue weighted by molar-refractivity contribution is 5.38. The zero-order valence-corrected chi connectivity index (χ0v) is 10.1. The maximum Gasteiger partial charge on any atom is 0.147 e. The highest BCUT2D eigenvalue weighted by Gasteiger charge is 2.26. The number of nitrogens with one attached hydrogen (secondary N) is 2. The van der Waals surface area contributed by atoms with E-state index in [1.165, 1.54) is 12.8 Å². The van der Waals surface area contributed by atoms with Crippen LogP contribution in [0.5, 0.6) is 0 Å². The van der Waals surface area contributed by atoms with Gasteiger partial charge in [0.25, 0.3) is 0 Å². The average Bonchev–Trinajstić information content (AvgIpc) is 2.29. The van der Waals surface area contributed by atoms with Crippen LogP contribution in [0.4, 0.5) is 5.82 Å². The molecular weight excluding hydrogens is 200 g/mol. The van der Waals surface area contributed by atoms with Crippen LogP contribution in [0.25, 0.3) is 0 Å². The number of rotatable bonds is 3. The largest absolute Gasteiger partial charge is 0.368 e. The number of hydrogen-bond acceptors (Lipinski definition) is 4. The molecule has 0 saturated carbocycles. The first kappa shape index (κ1) is 11.3. The van der Waals surface area contributed by atoms with Gasteiger partial charge in [-0.15, -0.1) is 0 Å². The van der Waals surface area contributed by atoms with Crippen molar-refractivity contribution in [1.29, 1.82) is 0 Å². The highest BCUT2D eigenvalue weighted by Crippen LogP contribution is 2.25. The molecule has 4 nitrogen and oxygen atoms in total. The molecule has 2 heterocycles. The smallest absolute Gasteiger partial charge is 0.147 e. The van der Waals surface area contributed by atoms with E-state index in [4.69, 9.17) is 0 Å². The SMILES string of the molecule is Cc1nccnc1NCC1(C)CCCNC1. The lowest BCUT2D eigenvalue weighted by Crippen LogP contribution is -2.42. The quantitative estimate of drug-likeness (QED) is 0.812. The molecule has 0 spiro atoms. The average molecular weight is 220 g/mol. The lowest BCUT2D eigenvalue weighted by atomic mass is 9.83. The summed E-state index contributed by atoms with van der Waals surface area (Å²) in [6.45, 7) is 7.49. The summed E-state index contributed by atoms with van der Waals surface area (Å²) in [5.41, 5.74) is 1.30. The Labute approximate surface area is 96.9 Å². The zero-order chi connectivity index (χ0) is 11.4. The summed E-state index contributed by atoms with van der Waals surface area (Å²) in [7, 11) is 0. The Kier molecular flexibility index (Phi) is 3.39. The van der Waals surface area contributed by atoms with Gasteiger partial charge in [0.15, 0.2) is 0 Å². The lowest BCUT2D eigenvalue weighted by molar-refractivity contribution is 0.253. The summed E-state index contributed by atoms with van der Waals surface area (Å²) < 4.78 is 0. The standard InChI is InChI=1S/C12H20N4/c1-10-11(15-7-6-14-10)16-9-12(2)4-3-5-13-8-12/h6-7,13H,3-5,8-9H2,1-2H3,(H,15,16). The van der Waals surface area contributed by atoms with Gasteiger partial charge in [0.1, 0.15) is 5.82 Å². The minimum Gasteiger partial charge on any atom is -0.368 e. The first-order valence-corrected chi connectivity index (χ1v) is 5.92. The van der Waals surface area contributed by atoms with Gasteiger partial charge in [-0.25, -0.2) is 4.98 Å². The Morgan fingerprint density at radius 1 is 1.44 bits per heavy atom. The number of nitrogens with zero attached hydrogens (tertiary/aromatic N) is 2. The molecule has 1 aromatic heterocycles. The second-order valence-corrected chi connectivity index (χ2v) is 4.93. The van der Waals surface area contributed by atoms with Crippen molar-refractivity contribution in [2.75, 3.05) is 25.0 Å². The van der Waals surface area contributed by atoms with Crippen molar-refractivity contribution in [1.82, 2.24) is 15.3 Å². The molecule has 1 atom stereocenters. The molecule has 88 valence electrons. The number of hydrogen-bond donors (Lipinski definition) is 2. The van der Waals surface area contributed by atoms with Crippen LogP contribution in [0.15, 0.2) is 12.4 Å². The van der Waals surface area contributed by atoms with Gasteiger partial charge in [-0.2, -0.15) is 0 Å². The molecule has 0 aliphatic carbocycles. The molecule has 0 aromatic carbocycles. The van der Waals surface area contributed by atoms with E-state index in [-0.39, 0.29) is 0 Å². The summed E-state index contributed by atoms with van der Waals surface area (Å²) in [6.07, 6.45) is 5.99. The summed E-state index contributed by atoms with van der Waals surface area (Å²) in [4.78, 5) is 8.52. The fraction of sp³-hybridized carbons (Fsp3) is 0.667. The minimum atomic E-state index is 0.336. The Hall–Kier alpha value is -1.16. The summed E-state index contributed by atoms with van der Waals surface area (Å²) in [5, 5.41) is 6.86. The van der Waals surface area contributed by atoms with E-state index in [0.29, 0.717) is 5.41 Å². The zero-order valence-electron chi connectivity index (χ0n) is 10.1. The molecular formula is C12H20N4. The first-order valence-electron chi connectivity index (χ1n) is 5.92. The normalized spacial score (nSPS) is 25.4. The van der Waals surface area contributed by atoms with E-state index < -0.39 is 0 Å². The third kappa shape index (κ3) is 2.70. The van der Waals surface area contributed by atoms with Crippen LogP contribution in [0.1, 0.15) is 25.5 Å². The van der Waals surface area contributed by atoms with E-state index in [1.807, 2.05) is 6.92 Å². The predicted octanol–water partition coefficient (Wildman–Crippen LogP) is 1.59. The third-order valence-electron chi connectivity index (χ3n) is 3.25. The molecule has 16 heavy (non-hydrogen) atoms. The van der Waals surface area contributed by atoms with Gasteiger partial charge < -0.3 is 10.6 Å². The molecule has 1 aliphatic rings. The number of piperidine rings is 1. The van der Waals surface area contributed by atoms with Crippen LogP contribution in [0.3, 0.4) is 0 Å². The molecule has 2 rings (SSSR count). The minimum absolute atomic E-state index is 0.336. The van der Waals surface area contributed by atoms with Crippen molar-refractivity contribution in [3.63, 3.8) is 0 Å². The lowest BCUT2D eigenvalue weighted by Gasteiger charge is -2.34. The van der Waals surface area contributed by atoms with Crippen molar-refractivity contribution >= 4 is 5.82 Å². The monoisotopic (exact) mass is 220 g/mol. The van der Waals surface area contributed by atoms with E-state index in [0.717, 1.165) is 31.1 Å². The number of aryl methyl sites for hydroxylation is 1. The van der Waals surface area contributed by atoms with Crippen molar-refractivity contribution in [2.45, 2.75) is 26.7 Å². The van der Waals surface area contributed by atoms with Crippen molar-refractivity contribution in [3.8, 4) is 0 Å². The van der Waals surface area contributed by atoms with E-state index >= 15 is 0 Å². The van der Waals surface area contributed by atoms with Crippen LogP contribution in [0, 0.1) is 12.3 Å². The molecule has 1 fully saturated rings. The second-order valence-electron chi connectivity index (χ2n) is 4.93. The van der Waals surface area contributed by atoms with Crippen molar-refractivity contribution < 1.29 is 0 Å². The van der Waals surface area contributed by atoms with Gasteiger partial charge in [0.05, 0.1) is 5.69 Å². The summed E-state index contributed by atoms with van der Waals surface area (Å²) >= 11 is 0. The topological polar surface area (TPSA) is 49.8 Å². The van der Waals surface area contributed by atoms with Crippen LogP contribution in [-0.2, 0) is 0 Å². The number of aromatic nitrogens is 2. The van der Waals surface area contributed by atoms with E-state index in [9.17, 15) is 0 Å². The van der Waals surface area contributed by atoms with Crippen molar-refractivity contribution in [2.24, 2.45) is 5.41 Å². The molecule has 1 unspecified atom stereocenters. The maximum absolute atomic E-state index is 4.30. The fourth-order valence-electron chi connectivity index (χ4n) is 2.15. The predicted molar refractivity (Wildman–Crippen MR) is 65.5 cm³/mol. The van der Waals surface area contributed by atoms with Crippen LogP contribution in [0.2, 0.25) is 0 Å². The van der Waals surface area contributed by atoms with Gasteiger partial charge >= 0.3 is 0 Å². The summed E-state index contributed by atoms with van der Waals surface area (Å²) in [5.74, 6) is 0.911. The van der Waals surface area contributed by atoms with Gasteiger partial charge in [-0.3, -0.25) is 4.98 Å². The molecule has 4 heteroatoms. The Balaban J connectivity index is 1.94. The van der Waals surface area contributed by atoms with Gasteiger partial charge in [0.2, 0.25) is 0 Å². The van der Waals surface area contributed by atoms with E-state index in [1.54, 1.807) is 12.4 Å². The molecule has 0 bridgehead atoms.